The summed E-state index contributed by atoms with van der Waals surface area (Å²) in [6, 6.07) is 9.43. The summed E-state index contributed by atoms with van der Waals surface area (Å²) in [5.41, 5.74) is 2.40. The second kappa shape index (κ2) is 8.05. The van der Waals surface area contributed by atoms with E-state index in [1.54, 1.807) is 15.3 Å². The summed E-state index contributed by atoms with van der Waals surface area (Å²) in [7, 11) is 0. The van der Waals surface area contributed by atoms with Gasteiger partial charge in [-0.15, -0.1) is 10.2 Å². The number of carbonyl (C=O) groups is 3. The van der Waals surface area contributed by atoms with Crippen molar-refractivity contribution >= 4 is 39.9 Å². The fourth-order valence-electron chi connectivity index (χ4n) is 3.79. The number of amides is 3. The SMILES string of the molecule is O=C(Nc1nncs1)C1CCN(C(=O)C2CC(=O)N(c3ccccc3)C2)CC1. The maximum absolute atomic E-state index is 12.9. The Bertz CT molecular complexity index is 850. The molecule has 2 aliphatic heterocycles. The molecular weight excluding hydrogens is 378 g/mol. The van der Waals surface area contributed by atoms with Gasteiger partial charge in [0.2, 0.25) is 22.9 Å². The van der Waals surface area contributed by atoms with Crippen LogP contribution in [-0.2, 0) is 14.4 Å². The molecule has 146 valence electrons. The van der Waals surface area contributed by atoms with E-state index in [0.717, 1.165) is 5.69 Å². The van der Waals surface area contributed by atoms with Crippen LogP contribution in [0.1, 0.15) is 19.3 Å². The van der Waals surface area contributed by atoms with Crippen LogP contribution in [0.4, 0.5) is 10.8 Å². The minimum Gasteiger partial charge on any atom is -0.342 e. The van der Waals surface area contributed by atoms with Gasteiger partial charge in [0.05, 0.1) is 5.92 Å². The second-order valence-corrected chi connectivity index (χ2v) is 7.91. The average molecular weight is 399 g/mol. The summed E-state index contributed by atoms with van der Waals surface area (Å²) in [4.78, 5) is 41.0. The van der Waals surface area contributed by atoms with Gasteiger partial charge in [-0.2, -0.15) is 0 Å². The van der Waals surface area contributed by atoms with Crippen molar-refractivity contribution in [1.29, 1.82) is 0 Å². The summed E-state index contributed by atoms with van der Waals surface area (Å²) in [5, 5.41) is 10.8. The van der Waals surface area contributed by atoms with E-state index in [-0.39, 0.29) is 36.0 Å². The van der Waals surface area contributed by atoms with Crippen molar-refractivity contribution in [2.75, 3.05) is 29.9 Å². The van der Waals surface area contributed by atoms with Gasteiger partial charge in [0.15, 0.2) is 0 Å². The number of nitrogens with one attached hydrogen (secondary N) is 1. The van der Waals surface area contributed by atoms with E-state index in [2.05, 4.69) is 15.5 Å². The van der Waals surface area contributed by atoms with E-state index in [9.17, 15) is 14.4 Å². The van der Waals surface area contributed by atoms with Crippen molar-refractivity contribution in [3.8, 4) is 0 Å². The molecule has 1 aromatic heterocycles. The molecule has 2 aliphatic rings. The van der Waals surface area contributed by atoms with E-state index in [1.165, 1.54) is 11.3 Å². The number of nitrogens with zero attached hydrogens (tertiary/aromatic N) is 4. The Balaban J connectivity index is 1.31. The number of piperidine rings is 1. The van der Waals surface area contributed by atoms with Crippen LogP contribution in [0.5, 0.6) is 0 Å². The number of para-hydroxylation sites is 1. The monoisotopic (exact) mass is 399 g/mol. The van der Waals surface area contributed by atoms with Gasteiger partial charge < -0.3 is 15.1 Å². The highest BCUT2D eigenvalue weighted by Gasteiger charge is 2.38. The molecule has 3 amide bonds. The maximum atomic E-state index is 12.9. The molecule has 0 saturated carbocycles. The predicted molar refractivity (Wildman–Crippen MR) is 105 cm³/mol. The lowest BCUT2D eigenvalue weighted by Gasteiger charge is -2.32. The third-order valence-electron chi connectivity index (χ3n) is 5.31. The summed E-state index contributed by atoms with van der Waals surface area (Å²) in [5.74, 6) is -0.542. The standard InChI is InChI=1S/C19H21N5O3S/c25-16-10-14(11-24(16)15-4-2-1-3-5-15)18(27)23-8-6-13(7-9-23)17(26)21-19-22-20-12-28-19/h1-5,12-14H,6-11H2,(H,21,22,26). The number of hydrogen-bond donors (Lipinski definition) is 1. The molecule has 2 aromatic rings. The minimum atomic E-state index is -0.320. The molecule has 2 saturated heterocycles. The number of rotatable bonds is 4. The van der Waals surface area contributed by atoms with Crippen LogP contribution in [0.25, 0.3) is 0 Å². The van der Waals surface area contributed by atoms with E-state index in [4.69, 9.17) is 0 Å². The van der Waals surface area contributed by atoms with Gasteiger partial charge >= 0.3 is 0 Å². The Morgan fingerprint density at radius 1 is 1.11 bits per heavy atom. The summed E-state index contributed by atoms with van der Waals surface area (Å²) < 4.78 is 0. The Morgan fingerprint density at radius 3 is 2.54 bits per heavy atom. The Hall–Kier alpha value is -2.81. The molecule has 1 unspecified atom stereocenters. The zero-order valence-electron chi connectivity index (χ0n) is 15.3. The normalized spacial score (nSPS) is 20.4. The van der Waals surface area contributed by atoms with E-state index < -0.39 is 0 Å². The fourth-order valence-corrected chi connectivity index (χ4v) is 4.23. The molecule has 0 radical (unpaired) electrons. The van der Waals surface area contributed by atoms with Crippen LogP contribution >= 0.6 is 11.3 Å². The summed E-state index contributed by atoms with van der Waals surface area (Å²) >= 11 is 1.28. The van der Waals surface area contributed by atoms with Crippen LogP contribution in [-0.4, -0.2) is 52.5 Å². The molecule has 8 nitrogen and oxygen atoms in total. The Kier molecular flexibility index (Phi) is 5.34. The van der Waals surface area contributed by atoms with Crippen molar-refractivity contribution in [1.82, 2.24) is 15.1 Å². The summed E-state index contributed by atoms with van der Waals surface area (Å²) in [6.07, 6.45) is 1.46. The Morgan fingerprint density at radius 2 is 1.86 bits per heavy atom. The lowest BCUT2D eigenvalue weighted by Crippen LogP contribution is -2.44. The van der Waals surface area contributed by atoms with Crippen LogP contribution in [0.2, 0.25) is 0 Å². The first kappa shape index (κ1) is 18.5. The largest absolute Gasteiger partial charge is 0.342 e. The van der Waals surface area contributed by atoms with Crippen molar-refractivity contribution in [2.24, 2.45) is 11.8 Å². The zero-order valence-corrected chi connectivity index (χ0v) is 16.1. The maximum Gasteiger partial charge on any atom is 0.229 e. The number of benzene rings is 1. The molecule has 4 rings (SSSR count). The van der Waals surface area contributed by atoms with E-state index in [0.29, 0.717) is 37.6 Å². The average Bonchev–Trinajstić information content (AvgIpc) is 3.38. The predicted octanol–water partition coefficient (Wildman–Crippen LogP) is 1.77. The first-order valence-electron chi connectivity index (χ1n) is 9.33. The molecule has 1 N–H and O–H groups in total. The van der Waals surface area contributed by atoms with Gasteiger partial charge in [-0.05, 0) is 25.0 Å². The first-order valence-corrected chi connectivity index (χ1v) is 10.2. The highest BCUT2D eigenvalue weighted by Crippen LogP contribution is 2.28. The number of carbonyl (C=O) groups excluding carboxylic acids is 3. The molecule has 0 spiro atoms. The number of hydrogen-bond acceptors (Lipinski definition) is 6. The van der Waals surface area contributed by atoms with Crippen molar-refractivity contribution in [2.45, 2.75) is 19.3 Å². The van der Waals surface area contributed by atoms with E-state index >= 15 is 0 Å². The molecule has 2 fully saturated rings. The van der Waals surface area contributed by atoms with Gasteiger partial charge in [0, 0.05) is 37.7 Å². The third kappa shape index (κ3) is 3.89. The van der Waals surface area contributed by atoms with Crippen molar-refractivity contribution < 1.29 is 14.4 Å². The van der Waals surface area contributed by atoms with Gasteiger partial charge in [-0.3, -0.25) is 14.4 Å². The highest BCUT2D eigenvalue weighted by atomic mass is 32.1. The molecule has 1 atom stereocenters. The topological polar surface area (TPSA) is 95.5 Å². The number of likely N-dealkylation sites (tertiary alicyclic amines) is 1. The molecule has 9 heteroatoms. The number of anilines is 2. The quantitative estimate of drug-likeness (QED) is 0.845. The van der Waals surface area contributed by atoms with E-state index in [1.807, 2.05) is 30.3 Å². The van der Waals surface area contributed by atoms with Gasteiger partial charge in [-0.25, -0.2) is 0 Å². The summed E-state index contributed by atoms with van der Waals surface area (Å²) in [6.45, 7) is 1.48. The smallest absolute Gasteiger partial charge is 0.229 e. The number of aromatic nitrogens is 2. The third-order valence-corrected chi connectivity index (χ3v) is 5.92. The van der Waals surface area contributed by atoms with Gasteiger partial charge in [-0.1, -0.05) is 29.5 Å². The molecular formula is C19H21N5O3S. The fraction of sp³-hybridized carbons (Fsp3) is 0.421. The van der Waals surface area contributed by atoms with Crippen molar-refractivity contribution in [3.63, 3.8) is 0 Å². The first-order chi connectivity index (χ1) is 13.6. The molecule has 1 aromatic carbocycles. The molecule has 28 heavy (non-hydrogen) atoms. The lowest BCUT2D eigenvalue weighted by molar-refractivity contribution is -0.138. The van der Waals surface area contributed by atoms with Crippen LogP contribution < -0.4 is 10.2 Å². The molecule has 0 aliphatic carbocycles. The molecule has 3 heterocycles. The molecule has 0 bridgehead atoms. The van der Waals surface area contributed by atoms with Crippen LogP contribution in [0.3, 0.4) is 0 Å². The minimum absolute atomic E-state index is 0.00904. The second-order valence-electron chi connectivity index (χ2n) is 7.07. The lowest BCUT2D eigenvalue weighted by atomic mass is 9.94. The van der Waals surface area contributed by atoms with Gasteiger partial charge in [0.25, 0.3) is 0 Å². The van der Waals surface area contributed by atoms with Crippen LogP contribution in [0, 0.1) is 11.8 Å². The van der Waals surface area contributed by atoms with Crippen LogP contribution in [0.15, 0.2) is 35.8 Å². The van der Waals surface area contributed by atoms with Gasteiger partial charge in [0.1, 0.15) is 5.51 Å². The van der Waals surface area contributed by atoms with Crippen molar-refractivity contribution in [3.05, 3.63) is 35.8 Å². The zero-order chi connectivity index (χ0) is 19.5. The highest BCUT2D eigenvalue weighted by molar-refractivity contribution is 7.13. The Labute approximate surface area is 166 Å².